The topological polar surface area (TPSA) is 58.6 Å². The molecule has 0 aliphatic rings. The molecule has 1 aromatic carbocycles. The van der Waals surface area contributed by atoms with Gasteiger partial charge in [-0.1, -0.05) is 17.7 Å². The number of methoxy groups -OCH3 is 1. The van der Waals surface area contributed by atoms with Crippen molar-refractivity contribution in [1.82, 2.24) is 5.32 Å². The molecule has 0 saturated carbocycles. The first kappa shape index (κ1) is 12.5. The van der Waals surface area contributed by atoms with E-state index in [4.69, 9.17) is 9.84 Å². The fourth-order valence-corrected chi connectivity index (χ4v) is 1.89. The van der Waals surface area contributed by atoms with E-state index >= 15 is 0 Å². The van der Waals surface area contributed by atoms with Crippen LogP contribution in [-0.4, -0.2) is 25.2 Å². The van der Waals surface area contributed by atoms with Gasteiger partial charge in [0.25, 0.3) is 0 Å². The number of aryl methyl sites for hydroxylation is 2. The molecular formula is C12H17NO3. The van der Waals surface area contributed by atoms with Gasteiger partial charge in [0.15, 0.2) is 0 Å². The third kappa shape index (κ3) is 2.33. The smallest absolute Gasteiger partial charge is 0.325 e. The van der Waals surface area contributed by atoms with Crippen LogP contribution in [0.2, 0.25) is 0 Å². The minimum atomic E-state index is -0.911. The molecule has 4 heteroatoms. The van der Waals surface area contributed by atoms with Gasteiger partial charge in [-0.05, 0) is 26.5 Å². The SMILES string of the molecule is CNC(C(=O)O)c1cc(C)cc(C)c1OC. The second-order valence-electron chi connectivity index (χ2n) is 3.76. The van der Waals surface area contributed by atoms with E-state index in [0.29, 0.717) is 11.3 Å². The highest BCUT2D eigenvalue weighted by Crippen LogP contribution is 2.30. The van der Waals surface area contributed by atoms with Gasteiger partial charge in [0, 0.05) is 5.56 Å². The average Bonchev–Trinajstić information content (AvgIpc) is 2.17. The second kappa shape index (κ2) is 4.99. The van der Waals surface area contributed by atoms with Gasteiger partial charge in [-0.25, -0.2) is 0 Å². The molecule has 88 valence electrons. The van der Waals surface area contributed by atoms with E-state index in [1.807, 2.05) is 26.0 Å². The number of nitrogens with one attached hydrogen (secondary N) is 1. The van der Waals surface area contributed by atoms with Crippen LogP contribution in [0.25, 0.3) is 0 Å². The van der Waals surface area contributed by atoms with Crippen LogP contribution in [0.3, 0.4) is 0 Å². The van der Waals surface area contributed by atoms with Crippen LogP contribution in [-0.2, 0) is 4.79 Å². The van der Waals surface area contributed by atoms with E-state index in [1.54, 1.807) is 14.2 Å². The van der Waals surface area contributed by atoms with E-state index in [9.17, 15) is 4.79 Å². The fourth-order valence-electron chi connectivity index (χ4n) is 1.89. The van der Waals surface area contributed by atoms with E-state index in [1.165, 1.54) is 0 Å². The Morgan fingerprint density at radius 3 is 2.50 bits per heavy atom. The second-order valence-corrected chi connectivity index (χ2v) is 3.76. The van der Waals surface area contributed by atoms with Crippen LogP contribution in [0.15, 0.2) is 12.1 Å². The van der Waals surface area contributed by atoms with Gasteiger partial charge in [0.05, 0.1) is 7.11 Å². The van der Waals surface area contributed by atoms with E-state index < -0.39 is 12.0 Å². The van der Waals surface area contributed by atoms with E-state index in [0.717, 1.165) is 11.1 Å². The Morgan fingerprint density at radius 2 is 2.06 bits per heavy atom. The lowest BCUT2D eigenvalue weighted by Gasteiger charge is -2.18. The number of carbonyl (C=O) groups is 1. The molecule has 0 fully saturated rings. The van der Waals surface area contributed by atoms with Crippen molar-refractivity contribution in [1.29, 1.82) is 0 Å². The Kier molecular flexibility index (Phi) is 3.90. The molecule has 1 atom stereocenters. The Hall–Kier alpha value is -1.55. The van der Waals surface area contributed by atoms with Gasteiger partial charge in [-0.3, -0.25) is 4.79 Å². The zero-order valence-corrected chi connectivity index (χ0v) is 10.00. The normalized spacial score (nSPS) is 12.2. The highest BCUT2D eigenvalue weighted by molar-refractivity contribution is 5.77. The van der Waals surface area contributed by atoms with Crippen molar-refractivity contribution in [2.24, 2.45) is 0 Å². The zero-order chi connectivity index (χ0) is 12.3. The molecule has 1 rings (SSSR count). The minimum absolute atomic E-state index is 0.632. The molecule has 4 nitrogen and oxygen atoms in total. The van der Waals surface area contributed by atoms with Crippen LogP contribution in [0, 0.1) is 13.8 Å². The lowest BCUT2D eigenvalue weighted by Crippen LogP contribution is -2.25. The van der Waals surface area contributed by atoms with Crippen molar-refractivity contribution < 1.29 is 14.6 Å². The summed E-state index contributed by atoms with van der Waals surface area (Å²) < 4.78 is 5.26. The quantitative estimate of drug-likeness (QED) is 0.815. The first-order chi connectivity index (χ1) is 7.51. The third-order valence-corrected chi connectivity index (χ3v) is 2.50. The first-order valence-electron chi connectivity index (χ1n) is 5.06. The molecular weight excluding hydrogens is 206 g/mol. The molecule has 1 aromatic rings. The number of aliphatic carboxylic acids is 1. The number of benzene rings is 1. The van der Waals surface area contributed by atoms with Crippen LogP contribution in [0.4, 0.5) is 0 Å². The Bertz CT molecular complexity index is 401. The summed E-state index contributed by atoms with van der Waals surface area (Å²) in [5.41, 5.74) is 2.63. The minimum Gasteiger partial charge on any atom is -0.496 e. The maximum atomic E-state index is 11.1. The monoisotopic (exact) mass is 223 g/mol. The summed E-state index contributed by atoms with van der Waals surface area (Å²) in [6.07, 6.45) is 0. The van der Waals surface area contributed by atoms with Gasteiger partial charge in [-0.2, -0.15) is 0 Å². The molecule has 0 aromatic heterocycles. The largest absolute Gasteiger partial charge is 0.496 e. The highest BCUT2D eigenvalue weighted by atomic mass is 16.5. The van der Waals surface area contributed by atoms with Crippen LogP contribution < -0.4 is 10.1 Å². The maximum absolute atomic E-state index is 11.1. The number of carboxylic acids is 1. The lowest BCUT2D eigenvalue weighted by molar-refractivity contribution is -0.139. The van der Waals surface area contributed by atoms with Gasteiger partial charge >= 0.3 is 5.97 Å². The highest BCUT2D eigenvalue weighted by Gasteiger charge is 2.22. The van der Waals surface area contributed by atoms with Gasteiger partial charge in [0.1, 0.15) is 11.8 Å². The zero-order valence-electron chi connectivity index (χ0n) is 10.00. The summed E-state index contributed by atoms with van der Waals surface area (Å²) in [6, 6.07) is 3.06. The number of carboxylic acid groups (broad SMARTS) is 1. The molecule has 0 aliphatic heterocycles. The predicted octanol–water partition coefficient (Wildman–Crippen LogP) is 1.66. The standard InChI is InChI=1S/C12H17NO3/c1-7-5-8(2)11(16-4)9(6-7)10(13-3)12(14)15/h5-6,10,13H,1-4H3,(H,14,15). The summed E-state index contributed by atoms with van der Waals surface area (Å²) in [6.45, 7) is 3.84. The van der Waals surface area contributed by atoms with Crippen LogP contribution >= 0.6 is 0 Å². The van der Waals surface area contributed by atoms with E-state index in [2.05, 4.69) is 5.32 Å². The predicted molar refractivity (Wildman–Crippen MR) is 61.9 cm³/mol. The Morgan fingerprint density at radius 1 is 1.44 bits per heavy atom. The number of ether oxygens (including phenoxy) is 1. The van der Waals surface area contributed by atoms with Crippen molar-refractivity contribution in [3.05, 3.63) is 28.8 Å². The lowest BCUT2D eigenvalue weighted by atomic mass is 9.99. The molecule has 0 radical (unpaired) electrons. The maximum Gasteiger partial charge on any atom is 0.325 e. The number of likely N-dealkylation sites (N-methyl/N-ethyl adjacent to an activating group) is 1. The van der Waals surface area contributed by atoms with Crippen molar-refractivity contribution in [2.75, 3.05) is 14.2 Å². The molecule has 16 heavy (non-hydrogen) atoms. The molecule has 1 unspecified atom stereocenters. The summed E-state index contributed by atoms with van der Waals surface area (Å²) in [7, 11) is 3.17. The molecule has 0 amide bonds. The number of hydrogen-bond donors (Lipinski definition) is 2. The molecule has 0 bridgehead atoms. The fraction of sp³-hybridized carbons (Fsp3) is 0.417. The van der Waals surface area contributed by atoms with Crippen molar-refractivity contribution >= 4 is 5.97 Å². The average molecular weight is 223 g/mol. The Labute approximate surface area is 95.2 Å². The molecule has 0 aliphatic carbocycles. The summed E-state index contributed by atoms with van der Waals surface area (Å²) in [5.74, 6) is -0.279. The Balaban J connectivity index is 3.34. The van der Waals surface area contributed by atoms with Crippen LogP contribution in [0.5, 0.6) is 5.75 Å². The van der Waals surface area contributed by atoms with Crippen molar-refractivity contribution in [3.8, 4) is 5.75 Å². The van der Waals surface area contributed by atoms with Gasteiger partial charge in [-0.15, -0.1) is 0 Å². The van der Waals surface area contributed by atoms with Gasteiger partial charge in [0.2, 0.25) is 0 Å². The van der Waals surface area contributed by atoms with Crippen LogP contribution in [0.1, 0.15) is 22.7 Å². The molecule has 0 spiro atoms. The van der Waals surface area contributed by atoms with Gasteiger partial charge < -0.3 is 15.2 Å². The van der Waals surface area contributed by atoms with E-state index in [-0.39, 0.29) is 0 Å². The van der Waals surface area contributed by atoms with Crippen molar-refractivity contribution in [2.45, 2.75) is 19.9 Å². The third-order valence-electron chi connectivity index (χ3n) is 2.50. The number of rotatable bonds is 4. The molecule has 0 saturated heterocycles. The first-order valence-corrected chi connectivity index (χ1v) is 5.06. The van der Waals surface area contributed by atoms with Crippen molar-refractivity contribution in [3.63, 3.8) is 0 Å². The molecule has 2 N–H and O–H groups in total. The molecule has 0 heterocycles. The summed E-state index contributed by atoms with van der Waals surface area (Å²) in [4.78, 5) is 11.1. The summed E-state index contributed by atoms with van der Waals surface area (Å²) >= 11 is 0. The summed E-state index contributed by atoms with van der Waals surface area (Å²) in [5, 5.41) is 11.9. The number of hydrogen-bond acceptors (Lipinski definition) is 3.